The van der Waals surface area contributed by atoms with Crippen molar-refractivity contribution < 1.29 is 28.6 Å². The van der Waals surface area contributed by atoms with Gasteiger partial charge in [0.25, 0.3) is 5.91 Å². The molecule has 9 nitrogen and oxygen atoms in total. The zero-order valence-corrected chi connectivity index (χ0v) is 25.3. The molecule has 1 aliphatic rings. The Bertz CT molecular complexity index is 1460. The summed E-state index contributed by atoms with van der Waals surface area (Å²) in [5.41, 5.74) is 7.54. The summed E-state index contributed by atoms with van der Waals surface area (Å²) in [4.78, 5) is 38.0. The molecule has 3 amide bonds. The highest BCUT2D eigenvalue weighted by Gasteiger charge is 2.43. The molecule has 1 saturated heterocycles. The van der Waals surface area contributed by atoms with Crippen LogP contribution >= 0.6 is 0 Å². The molecule has 5 N–H and O–H groups in total. The van der Waals surface area contributed by atoms with Crippen molar-refractivity contribution in [2.75, 3.05) is 33.3 Å². The zero-order chi connectivity index (χ0) is 31.7. The number of amides is 3. The predicted octanol–water partition coefficient (Wildman–Crippen LogP) is 4.25. The molecular formula is C34H41FN4O5. The lowest BCUT2D eigenvalue weighted by atomic mass is 9.72. The number of nitrogens with one attached hydrogen (secondary N) is 2. The number of halogens is 1. The van der Waals surface area contributed by atoms with Crippen LogP contribution in [0.2, 0.25) is 0 Å². The lowest BCUT2D eigenvalue weighted by Gasteiger charge is -2.43. The number of nitrogens with zero attached hydrogens (tertiary/aromatic N) is 1. The van der Waals surface area contributed by atoms with Crippen LogP contribution in [-0.2, 0) is 21.7 Å². The smallest absolute Gasteiger partial charge is 0.406 e. The number of aryl methyl sites for hydroxylation is 1. The highest BCUT2D eigenvalue weighted by molar-refractivity contribution is 5.94. The normalized spacial score (nSPS) is 16.2. The van der Waals surface area contributed by atoms with E-state index in [2.05, 4.69) is 15.4 Å². The van der Waals surface area contributed by atoms with E-state index in [1.54, 1.807) is 29.2 Å². The lowest BCUT2D eigenvalue weighted by Crippen LogP contribution is -2.48. The van der Waals surface area contributed by atoms with Gasteiger partial charge in [-0.1, -0.05) is 54.1 Å². The first-order chi connectivity index (χ1) is 21.1. The fourth-order valence-electron chi connectivity index (χ4n) is 5.99. The van der Waals surface area contributed by atoms with Crippen molar-refractivity contribution in [3.05, 3.63) is 94.8 Å². The van der Waals surface area contributed by atoms with Crippen LogP contribution in [0.15, 0.2) is 66.7 Å². The number of rotatable bonds is 12. The largest absolute Gasteiger partial charge is 0.453 e. The average Bonchev–Trinajstić information content (AvgIpc) is 3.02. The molecule has 1 fully saturated rings. The average molecular weight is 605 g/mol. The van der Waals surface area contributed by atoms with E-state index < -0.39 is 23.4 Å². The van der Waals surface area contributed by atoms with Gasteiger partial charge in [0.05, 0.1) is 19.3 Å². The number of hydrogen-bond donors (Lipinski definition) is 4. The van der Waals surface area contributed by atoms with E-state index in [1.165, 1.54) is 13.2 Å². The quantitative estimate of drug-likeness (QED) is 0.229. The maximum atomic E-state index is 15.6. The minimum atomic E-state index is -1.49. The summed E-state index contributed by atoms with van der Waals surface area (Å²) >= 11 is 0. The van der Waals surface area contributed by atoms with Gasteiger partial charge in [-0.2, -0.15) is 0 Å². The number of primary amides is 1. The molecule has 3 aromatic rings. The molecule has 10 heteroatoms. The van der Waals surface area contributed by atoms with Gasteiger partial charge in [-0.25, -0.2) is 9.18 Å². The summed E-state index contributed by atoms with van der Waals surface area (Å²) in [6.45, 7) is 3.52. The Hall–Kier alpha value is -4.28. The fraction of sp³-hybridized carbons (Fsp3) is 0.382. The Morgan fingerprint density at radius 1 is 1.11 bits per heavy atom. The van der Waals surface area contributed by atoms with E-state index in [4.69, 9.17) is 5.73 Å². The maximum Gasteiger partial charge on any atom is 0.406 e. The molecular weight excluding hydrogens is 563 g/mol. The van der Waals surface area contributed by atoms with Gasteiger partial charge in [-0.05, 0) is 67.5 Å². The van der Waals surface area contributed by atoms with Crippen LogP contribution in [0.1, 0.15) is 52.7 Å². The molecule has 0 aromatic heterocycles. The summed E-state index contributed by atoms with van der Waals surface area (Å²) in [7, 11) is 1.29. The number of carbonyl (C=O) groups excluding carboxylic acids is 3. The van der Waals surface area contributed by atoms with E-state index in [0.717, 1.165) is 11.1 Å². The van der Waals surface area contributed by atoms with Gasteiger partial charge in [-0.15, -0.1) is 0 Å². The molecule has 234 valence electrons. The number of hydrogen-bond acceptors (Lipinski definition) is 6. The monoisotopic (exact) mass is 604 g/mol. The Balaban J connectivity index is 1.61. The van der Waals surface area contributed by atoms with Gasteiger partial charge in [0.15, 0.2) is 0 Å². The van der Waals surface area contributed by atoms with Crippen LogP contribution in [0.3, 0.4) is 0 Å². The van der Waals surface area contributed by atoms with Crippen LogP contribution in [0.4, 0.5) is 9.18 Å². The summed E-state index contributed by atoms with van der Waals surface area (Å²) < 4.78 is 20.3. The second-order valence-electron chi connectivity index (χ2n) is 11.3. The SMILES string of the molecule is COC(=O)NCCC[C@@](O)(c1cccc(F)c1-c1cccc(C)c1)[C@@H]1CCCN(C(=O)c2ccc(CNCC(N)=O)cc2)C1. The first-order valence-electron chi connectivity index (χ1n) is 14.9. The number of nitrogens with two attached hydrogens (primary N) is 1. The number of methoxy groups -OCH3 is 1. The summed E-state index contributed by atoms with van der Waals surface area (Å²) in [5, 5.41) is 18.2. The van der Waals surface area contributed by atoms with Gasteiger partial charge in [0.2, 0.25) is 5.91 Å². The van der Waals surface area contributed by atoms with Crippen LogP contribution in [-0.4, -0.2) is 61.2 Å². The van der Waals surface area contributed by atoms with E-state index >= 15 is 4.39 Å². The Kier molecular flexibility index (Phi) is 11.1. The highest BCUT2D eigenvalue weighted by atomic mass is 19.1. The molecule has 1 aliphatic heterocycles. The van der Waals surface area contributed by atoms with Crippen molar-refractivity contribution in [2.24, 2.45) is 11.7 Å². The number of piperidine rings is 1. The standard InChI is InChI=1S/C34H41FN4O5/c1-23-7-3-8-26(19-23)31-28(10-4-11-29(31)35)34(43,16-6-17-38-33(42)44-2)27-9-5-18-39(22-27)32(41)25-14-12-24(13-15-25)20-37-21-30(36)40/h3-4,7-8,10-15,19,27,37,43H,5-6,9,16-18,20-22H2,1-2H3,(H2,36,40)(H,38,42)/t27-,34+/m1/s1. The Labute approximate surface area is 257 Å². The molecule has 4 rings (SSSR count). The first kappa shape index (κ1) is 32.6. The van der Waals surface area contributed by atoms with Gasteiger partial charge in [0.1, 0.15) is 5.82 Å². The molecule has 0 saturated carbocycles. The van der Waals surface area contributed by atoms with Crippen molar-refractivity contribution in [3.8, 4) is 11.1 Å². The van der Waals surface area contributed by atoms with Gasteiger partial charge in [-0.3, -0.25) is 9.59 Å². The summed E-state index contributed by atoms with van der Waals surface area (Å²) in [6, 6.07) is 19.4. The van der Waals surface area contributed by atoms with Gasteiger partial charge in [0, 0.05) is 43.2 Å². The highest BCUT2D eigenvalue weighted by Crippen LogP contribution is 2.44. The molecule has 0 aliphatic carbocycles. The number of ether oxygens (including phenoxy) is 1. The summed E-state index contributed by atoms with van der Waals surface area (Å²) in [5.74, 6) is -1.42. The van der Waals surface area contributed by atoms with Crippen molar-refractivity contribution in [1.82, 2.24) is 15.5 Å². The molecule has 2 atom stereocenters. The van der Waals surface area contributed by atoms with Gasteiger partial charge < -0.3 is 31.1 Å². The number of likely N-dealkylation sites (tertiary alicyclic amines) is 1. The van der Waals surface area contributed by atoms with Crippen LogP contribution in [0.25, 0.3) is 11.1 Å². The molecule has 3 aromatic carbocycles. The van der Waals surface area contributed by atoms with E-state index in [1.807, 2.05) is 43.3 Å². The number of alkyl carbamates (subject to hydrolysis) is 1. The third-order valence-electron chi connectivity index (χ3n) is 8.19. The predicted molar refractivity (Wildman–Crippen MR) is 166 cm³/mol. The fourth-order valence-corrected chi connectivity index (χ4v) is 5.99. The molecule has 1 heterocycles. The number of carbonyl (C=O) groups is 3. The second-order valence-corrected chi connectivity index (χ2v) is 11.3. The Morgan fingerprint density at radius 3 is 2.57 bits per heavy atom. The third kappa shape index (κ3) is 8.00. The molecule has 0 bridgehead atoms. The van der Waals surface area contributed by atoms with Crippen LogP contribution < -0.4 is 16.4 Å². The van der Waals surface area contributed by atoms with Crippen LogP contribution in [0.5, 0.6) is 0 Å². The lowest BCUT2D eigenvalue weighted by molar-refractivity contribution is -0.117. The number of benzene rings is 3. The third-order valence-corrected chi connectivity index (χ3v) is 8.19. The van der Waals surface area contributed by atoms with Crippen molar-refractivity contribution in [2.45, 2.75) is 44.8 Å². The molecule has 44 heavy (non-hydrogen) atoms. The number of aliphatic hydroxyl groups is 1. The molecule has 0 radical (unpaired) electrons. The van der Waals surface area contributed by atoms with E-state index in [0.29, 0.717) is 54.6 Å². The second kappa shape index (κ2) is 14.9. The van der Waals surface area contributed by atoms with Gasteiger partial charge >= 0.3 is 6.09 Å². The minimum absolute atomic E-state index is 0.0639. The van der Waals surface area contributed by atoms with Crippen molar-refractivity contribution in [3.63, 3.8) is 0 Å². The summed E-state index contributed by atoms with van der Waals surface area (Å²) in [6.07, 6.45) is 1.38. The minimum Gasteiger partial charge on any atom is -0.453 e. The van der Waals surface area contributed by atoms with Crippen LogP contribution in [0, 0.1) is 18.7 Å². The van der Waals surface area contributed by atoms with E-state index in [-0.39, 0.29) is 37.9 Å². The first-order valence-corrected chi connectivity index (χ1v) is 14.9. The molecule has 0 spiro atoms. The van der Waals surface area contributed by atoms with Crippen molar-refractivity contribution in [1.29, 1.82) is 0 Å². The maximum absolute atomic E-state index is 15.6. The van der Waals surface area contributed by atoms with Crippen molar-refractivity contribution >= 4 is 17.9 Å². The zero-order valence-electron chi connectivity index (χ0n) is 25.3. The topological polar surface area (TPSA) is 134 Å². The molecule has 0 unspecified atom stereocenters. The van der Waals surface area contributed by atoms with E-state index in [9.17, 15) is 19.5 Å². The Morgan fingerprint density at radius 2 is 1.86 bits per heavy atom.